The highest BCUT2D eigenvalue weighted by Crippen LogP contribution is 2.36. The third-order valence-corrected chi connectivity index (χ3v) is 4.32. The van der Waals surface area contributed by atoms with Gasteiger partial charge in [0, 0.05) is 43.2 Å². The van der Waals surface area contributed by atoms with E-state index in [1.165, 1.54) is 12.4 Å². The van der Waals surface area contributed by atoms with Gasteiger partial charge in [-0.1, -0.05) is 13.0 Å². The Morgan fingerprint density at radius 3 is 2.54 bits per heavy atom. The summed E-state index contributed by atoms with van der Waals surface area (Å²) in [6.45, 7) is 1.93. The molecular weight excluding hydrogens is 341 g/mol. The van der Waals surface area contributed by atoms with Crippen molar-refractivity contribution in [1.82, 2.24) is 14.5 Å². The summed E-state index contributed by atoms with van der Waals surface area (Å²) in [6.07, 6.45) is -0.416. The Labute approximate surface area is 149 Å². The van der Waals surface area contributed by atoms with Crippen LogP contribution in [0.15, 0.2) is 42.9 Å². The number of aromatic nitrogens is 3. The Kier molecular flexibility index (Phi) is 4.71. The largest absolute Gasteiger partial charge is 0.416 e. The van der Waals surface area contributed by atoms with Crippen molar-refractivity contribution in [2.75, 3.05) is 12.4 Å². The number of rotatable bonds is 4. The van der Waals surface area contributed by atoms with Crippen molar-refractivity contribution >= 4 is 5.82 Å². The van der Waals surface area contributed by atoms with Crippen molar-refractivity contribution < 1.29 is 13.2 Å². The quantitative estimate of drug-likeness (QED) is 0.729. The zero-order valence-corrected chi connectivity index (χ0v) is 14.7. The molecule has 136 valence electrons. The second kappa shape index (κ2) is 6.82. The lowest BCUT2D eigenvalue weighted by atomic mass is 9.98. The fourth-order valence-corrected chi connectivity index (χ4v) is 2.92. The van der Waals surface area contributed by atoms with Crippen molar-refractivity contribution in [2.24, 2.45) is 7.05 Å². The minimum absolute atomic E-state index is 0.582. The van der Waals surface area contributed by atoms with Crippen LogP contribution in [0.4, 0.5) is 19.0 Å². The fourth-order valence-electron chi connectivity index (χ4n) is 2.92. The molecule has 1 aromatic carbocycles. The van der Waals surface area contributed by atoms with Crippen molar-refractivity contribution in [3.05, 3.63) is 54.0 Å². The molecule has 0 radical (unpaired) electrons. The zero-order valence-electron chi connectivity index (χ0n) is 14.7. The first kappa shape index (κ1) is 18.0. The lowest BCUT2D eigenvalue weighted by molar-refractivity contribution is -0.137. The van der Waals surface area contributed by atoms with Gasteiger partial charge >= 0.3 is 6.18 Å². The number of alkyl halides is 3. The maximum atomic E-state index is 13.1. The average Bonchev–Trinajstić information content (AvgIpc) is 3.02. The van der Waals surface area contributed by atoms with Crippen LogP contribution in [0.1, 0.15) is 18.1 Å². The van der Waals surface area contributed by atoms with E-state index in [0.29, 0.717) is 29.2 Å². The van der Waals surface area contributed by atoms with Crippen LogP contribution in [0.5, 0.6) is 0 Å². The summed E-state index contributed by atoms with van der Waals surface area (Å²) in [6, 6.07) is 7.56. The Morgan fingerprint density at radius 2 is 1.88 bits per heavy atom. The smallest absolute Gasteiger partial charge is 0.373 e. The molecule has 0 saturated carbocycles. The normalized spacial score (nSPS) is 11.6. The van der Waals surface area contributed by atoms with Crippen LogP contribution in [-0.2, 0) is 19.6 Å². The van der Waals surface area contributed by atoms with Gasteiger partial charge in [0.1, 0.15) is 12.1 Å². The van der Waals surface area contributed by atoms with Gasteiger partial charge in [0.05, 0.1) is 11.3 Å². The Morgan fingerprint density at radius 1 is 1.12 bits per heavy atom. The monoisotopic (exact) mass is 360 g/mol. The molecule has 0 bridgehead atoms. The van der Waals surface area contributed by atoms with Crippen molar-refractivity contribution in [1.29, 1.82) is 0 Å². The van der Waals surface area contributed by atoms with Gasteiger partial charge in [-0.3, -0.25) is 0 Å². The standard InChI is InChI=1S/C19H19F3N4/c1-4-12-5-6-14(19(20,21)22)8-15(12)17-7-13(10-26(17)3)16-9-18(23-2)25-11-24-16/h5-11H,4H2,1-3H3,(H,23,24,25). The van der Waals surface area contributed by atoms with E-state index < -0.39 is 11.7 Å². The van der Waals surface area contributed by atoms with Crippen LogP contribution in [0, 0.1) is 0 Å². The summed E-state index contributed by atoms with van der Waals surface area (Å²) < 4.78 is 41.3. The number of halogens is 3. The highest BCUT2D eigenvalue weighted by Gasteiger charge is 2.31. The molecule has 2 heterocycles. The predicted molar refractivity (Wildman–Crippen MR) is 95.8 cm³/mol. The topological polar surface area (TPSA) is 42.7 Å². The SMILES string of the molecule is CCc1ccc(C(F)(F)F)cc1-c1cc(-c2cc(NC)ncn2)cn1C. The molecular formula is C19H19F3N4. The summed E-state index contributed by atoms with van der Waals surface area (Å²) in [5.74, 6) is 0.675. The third kappa shape index (κ3) is 3.42. The molecule has 0 aliphatic carbocycles. The molecule has 1 N–H and O–H groups in total. The van der Waals surface area contributed by atoms with E-state index in [0.717, 1.165) is 17.2 Å². The van der Waals surface area contributed by atoms with E-state index in [9.17, 15) is 13.2 Å². The van der Waals surface area contributed by atoms with Gasteiger partial charge in [-0.25, -0.2) is 9.97 Å². The van der Waals surface area contributed by atoms with Crippen LogP contribution < -0.4 is 5.32 Å². The Balaban J connectivity index is 2.12. The van der Waals surface area contributed by atoms with Crippen LogP contribution >= 0.6 is 0 Å². The van der Waals surface area contributed by atoms with Crippen molar-refractivity contribution in [3.63, 3.8) is 0 Å². The number of benzene rings is 1. The van der Waals surface area contributed by atoms with Gasteiger partial charge in [-0.05, 0) is 30.2 Å². The minimum atomic E-state index is -4.37. The molecule has 0 amide bonds. The highest BCUT2D eigenvalue weighted by molar-refractivity contribution is 5.73. The number of anilines is 1. The lowest BCUT2D eigenvalue weighted by Crippen LogP contribution is -2.06. The van der Waals surface area contributed by atoms with Crippen LogP contribution in [0.25, 0.3) is 22.5 Å². The Bertz CT molecular complexity index is 929. The Hall–Kier alpha value is -2.83. The van der Waals surface area contributed by atoms with Gasteiger partial charge in [0.2, 0.25) is 0 Å². The van der Waals surface area contributed by atoms with E-state index in [1.54, 1.807) is 19.2 Å². The third-order valence-electron chi connectivity index (χ3n) is 4.32. The van der Waals surface area contributed by atoms with Crippen LogP contribution in [0.3, 0.4) is 0 Å². The first-order valence-corrected chi connectivity index (χ1v) is 8.20. The summed E-state index contributed by atoms with van der Waals surface area (Å²) in [4.78, 5) is 8.34. The maximum absolute atomic E-state index is 13.1. The summed E-state index contributed by atoms with van der Waals surface area (Å²) in [5, 5.41) is 2.95. The van der Waals surface area contributed by atoms with Gasteiger partial charge < -0.3 is 9.88 Å². The number of nitrogens with one attached hydrogen (secondary N) is 1. The molecule has 26 heavy (non-hydrogen) atoms. The second-order valence-electron chi connectivity index (χ2n) is 5.99. The number of hydrogen-bond donors (Lipinski definition) is 1. The van der Waals surface area contributed by atoms with E-state index in [2.05, 4.69) is 15.3 Å². The molecule has 0 fully saturated rings. The molecule has 2 aromatic heterocycles. The average molecular weight is 360 g/mol. The van der Waals surface area contributed by atoms with Crippen LogP contribution in [-0.4, -0.2) is 21.6 Å². The number of nitrogens with zero attached hydrogens (tertiary/aromatic N) is 3. The van der Waals surface area contributed by atoms with Gasteiger partial charge in [-0.2, -0.15) is 13.2 Å². The summed E-state index contributed by atoms with van der Waals surface area (Å²) in [5.41, 5.74) is 3.04. The van der Waals surface area contributed by atoms with Crippen LogP contribution in [0.2, 0.25) is 0 Å². The maximum Gasteiger partial charge on any atom is 0.416 e. The molecule has 0 spiro atoms. The first-order chi connectivity index (χ1) is 12.3. The molecule has 0 aliphatic rings. The number of aryl methyl sites for hydroxylation is 2. The predicted octanol–water partition coefficient (Wildman–Crippen LogP) is 4.77. The van der Waals surface area contributed by atoms with E-state index >= 15 is 0 Å². The molecule has 3 aromatic rings. The lowest BCUT2D eigenvalue weighted by Gasteiger charge is -2.13. The summed E-state index contributed by atoms with van der Waals surface area (Å²) >= 11 is 0. The minimum Gasteiger partial charge on any atom is -0.373 e. The molecule has 7 heteroatoms. The van der Waals surface area contributed by atoms with E-state index in [4.69, 9.17) is 0 Å². The molecule has 3 rings (SSSR count). The van der Waals surface area contributed by atoms with Gasteiger partial charge in [0.25, 0.3) is 0 Å². The molecule has 0 aliphatic heterocycles. The van der Waals surface area contributed by atoms with E-state index in [-0.39, 0.29) is 0 Å². The van der Waals surface area contributed by atoms with E-state index in [1.807, 2.05) is 30.8 Å². The summed E-state index contributed by atoms with van der Waals surface area (Å²) in [7, 11) is 3.58. The molecule has 0 saturated heterocycles. The number of hydrogen-bond acceptors (Lipinski definition) is 3. The van der Waals surface area contributed by atoms with Crippen molar-refractivity contribution in [3.8, 4) is 22.5 Å². The second-order valence-corrected chi connectivity index (χ2v) is 5.99. The van der Waals surface area contributed by atoms with Gasteiger partial charge in [-0.15, -0.1) is 0 Å². The first-order valence-electron chi connectivity index (χ1n) is 8.20. The molecule has 0 unspecified atom stereocenters. The fraction of sp³-hybridized carbons (Fsp3) is 0.263. The highest BCUT2D eigenvalue weighted by atomic mass is 19.4. The van der Waals surface area contributed by atoms with Crippen molar-refractivity contribution in [2.45, 2.75) is 19.5 Å². The molecule has 0 atom stereocenters. The molecule has 4 nitrogen and oxygen atoms in total. The zero-order chi connectivity index (χ0) is 18.9. The van der Waals surface area contributed by atoms with Gasteiger partial charge in [0.15, 0.2) is 0 Å².